The molecule has 21 heavy (non-hydrogen) atoms. The minimum absolute atomic E-state index is 0.0120. The maximum absolute atomic E-state index is 12.2. The number of carboxylic acids is 1. The smallest absolute Gasteiger partial charge is 0.303 e. The van der Waals surface area contributed by atoms with E-state index in [2.05, 4.69) is 0 Å². The van der Waals surface area contributed by atoms with E-state index in [9.17, 15) is 18.0 Å². The van der Waals surface area contributed by atoms with E-state index in [-0.39, 0.29) is 28.5 Å². The molecule has 1 rings (SSSR count). The Morgan fingerprint density at radius 3 is 2.52 bits per heavy atom. The molecule has 0 radical (unpaired) electrons. The zero-order valence-electron chi connectivity index (χ0n) is 12.1. The summed E-state index contributed by atoms with van der Waals surface area (Å²) in [6.07, 6.45) is 0.340. The Balaban J connectivity index is 2.83. The van der Waals surface area contributed by atoms with Crippen molar-refractivity contribution in [3.05, 3.63) is 29.8 Å². The largest absolute Gasteiger partial charge is 0.481 e. The molecule has 116 valence electrons. The molecule has 0 unspecified atom stereocenters. The summed E-state index contributed by atoms with van der Waals surface area (Å²) < 4.78 is 23.6. The Bertz CT molecular complexity index is 624. The number of nitrogens with zero attached hydrogens (tertiary/aromatic N) is 1. The molecule has 0 aromatic heterocycles. The Hall–Kier alpha value is -1.89. The molecule has 0 aliphatic heterocycles. The molecule has 6 nitrogen and oxygen atoms in total. The van der Waals surface area contributed by atoms with Crippen LogP contribution in [0.15, 0.2) is 29.2 Å². The van der Waals surface area contributed by atoms with Crippen LogP contribution in [0.2, 0.25) is 0 Å². The van der Waals surface area contributed by atoms with Gasteiger partial charge in [-0.1, -0.05) is 13.0 Å². The monoisotopic (exact) mass is 313 g/mol. The topological polar surface area (TPSA) is 91.8 Å². The van der Waals surface area contributed by atoms with E-state index < -0.39 is 15.8 Å². The lowest BCUT2D eigenvalue weighted by molar-refractivity contribution is -0.137. The van der Waals surface area contributed by atoms with Crippen molar-refractivity contribution in [3.8, 4) is 0 Å². The standard InChI is InChI=1S/C14H19NO5S/c1-3-21(19,20)12-7-4-6-11(10-12)14(18)15(2)9-5-8-13(16)17/h4,6-7,10H,3,5,8-9H2,1-2H3,(H,16,17). The van der Waals surface area contributed by atoms with Gasteiger partial charge in [-0.2, -0.15) is 0 Å². The zero-order valence-corrected chi connectivity index (χ0v) is 12.9. The number of hydrogen-bond acceptors (Lipinski definition) is 4. The molecule has 0 saturated carbocycles. The summed E-state index contributed by atoms with van der Waals surface area (Å²) >= 11 is 0. The van der Waals surface area contributed by atoms with Gasteiger partial charge in [0.05, 0.1) is 10.6 Å². The first-order chi connectivity index (χ1) is 9.77. The third-order valence-corrected chi connectivity index (χ3v) is 4.78. The number of benzene rings is 1. The molecule has 0 fully saturated rings. The Labute approximate surface area is 124 Å². The molecule has 1 aromatic rings. The van der Waals surface area contributed by atoms with E-state index in [0.717, 1.165) is 0 Å². The first kappa shape index (κ1) is 17.2. The van der Waals surface area contributed by atoms with Crippen LogP contribution in [0.4, 0.5) is 0 Å². The molecular formula is C14H19NO5S. The number of hydrogen-bond donors (Lipinski definition) is 1. The van der Waals surface area contributed by atoms with E-state index in [4.69, 9.17) is 5.11 Å². The summed E-state index contributed by atoms with van der Waals surface area (Å²) in [5, 5.41) is 8.56. The van der Waals surface area contributed by atoms with Gasteiger partial charge in [-0.05, 0) is 24.6 Å². The third kappa shape index (κ3) is 4.86. The molecule has 1 aromatic carbocycles. The lowest BCUT2D eigenvalue weighted by Crippen LogP contribution is -2.28. The number of carboxylic acid groups (broad SMARTS) is 1. The number of carbonyl (C=O) groups excluding carboxylic acids is 1. The maximum atomic E-state index is 12.2. The van der Waals surface area contributed by atoms with Gasteiger partial charge in [0.25, 0.3) is 5.91 Å². The van der Waals surface area contributed by atoms with Crippen LogP contribution < -0.4 is 0 Å². The fraction of sp³-hybridized carbons (Fsp3) is 0.429. The number of amides is 1. The first-order valence-corrected chi connectivity index (χ1v) is 8.23. The highest BCUT2D eigenvalue weighted by molar-refractivity contribution is 7.91. The van der Waals surface area contributed by atoms with Crippen molar-refractivity contribution in [2.24, 2.45) is 0 Å². The Morgan fingerprint density at radius 2 is 1.95 bits per heavy atom. The summed E-state index contributed by atoms with van der Waals surface area (Å²) in [5.41, 5.74) is 0.280. The van der Waals surface area contributed by atoms with Crippen molar-refractivity contribution < 1.29 is 23.1 Å². The number of sulfone groups is 1. The molecule has 0 spiro atoms. The highest BCUT2D eigenvalue weighted by atomic mass is 32.2. The SMILES string of the molecule is CCS(=O)(=O)c1cccc(C(=O)N(C)CCCC(=O)O)c1. The minimum atomic E-state index is -3.36. The van der Waals surface area contributed by atoms with Crippen molar-refractivity contribution >= 4 is 21.7 Å². The van der Waals surface area contributed by atoms with Crippen molar-refractivity contribution in [2.75, 3.05) is 19.3 Å². The summed E-state index contributed by atoms with van der Waals surface area (Å²) in [4.78, 5) is 24.1. The highest BCUT2D eigenvalue weighted by Crippen LogP contribution is 2.14. The molecule has 0 heterocycles. The lowest BCUT2D eigenvalue weighted by Gasteiger charge is -2.17. The van der Waals surface area contributed by atoms with Crippen LogP contribution in [-0.4, -0.2) is 49.6 Å². The van der Waals surface area contributed by atoms with Crippen LogP contribution in [0, 0.1) is 0 Å². The molecule has 0 bridgehead atoms. The number of aliphatic carboxylic acids is 1. The van der Waals surface area contributed by atoms with Gasteiger partial charge in [0.1, 0.15) is 0 Å². The lowest BCUT2D eigenvalue weighted by atomic mass is 10.2. The van der Waals surface area contributed by atoms with Gasteiger partial charge in [0, 0.05) is 25.6 Å². The van der Waals surface area contributed by atoms with Crippen molar-refractivity contribution in [2.45, 2.75) is 24.7 Å². The summed E-state index contributed by atoms with van der Waals surface area (Å²) in [5.74, 6) is -1.26. The van der Waals surface area contributed by atoms with Crippen LogP contribution in [0.1, 0.15) is 30.1 Å². The van der Waals surface area contributed by atoms with Gasteiger partial charge in [-0.15, -0.1) is 0 Å². The van der Waals surface area contributed by atoms with Crippen LogP contribution in [-0.2, 0) is 14.6 Å². The van der Waals surface area contributed by atoms with Crippen LogP contribution >= 0.6 is 0 Å². The maximum Gasteiger partial charge on any atom is 0.303 e. The van der Waals surface area contributed by atoms with Crippen molar-refractivity contribution in [1.29, 1.82) is 0 Å². The molecule has 0 atom stereocenters. The summed E-state index contributed by atoms with van der Waals surface area (Å²) in [7, 11) is -1.80. The second kappa shape index (κ2) is 7.21. The predicted molar refractivity (Wildman–Crippen MR) is 78.0 cm³/mol. The van der Waals surface area contributed by atoms with Gasteiger partial charge in [-0.3, -0.25) is 9.59 Å². The van der Waals surface area contributed by atoms with Crippen LogP contribution in [0.3, 0.4) is 0 Å². The van der Waals surface area contributed by atoms with Crippen molar-refractivity contribution in [3.63, 3.8) is 0 Å². The van der Waals surface area contributed by atoms with Gasteiger partial charge in [0.15, 0.2) is 9.84 Å². The van der Waals surface area contributed by atoms with Gasteiger partial charge < -0.3 is 10.0 Å². The number of rotatable bonds is 7. The number of carbonyl (C=O) groups is 2. The van der Waals surface area contributed by atoms with E-state index in [1.165, 1.54) is 23.1 Å². The van der Waals surface area contributed by atoms with E-state index in [1.54, 1.807) is 20.0 Å². The average Bonchev–Trinajstić information content (AvgIpc) is 2.46. The van der Waals surface area contributed by atoms with E-state index >= 15 is 0 Å². The van der Waals surface area contributed by atoms with Gasteiger partial charge >= 0.3 is 5.97 Å². The Kier molecular flexibility index (Phi) is 5.90. The zero-order chi connectivity index (χ0) is 16.0. The molecule has 7 heteroatoms. The van der Waals surface area contributed by atoms with Crippen LogP contribution in [0.5, 0.6) is 0 Å². The molecule has 1 amide bonds. The summed E-state index contributed by atoms with van der Waals surface area (Å²) in [6.45, 7) is 1.84. The molecule has 1 N–H and O–H groups in total. The molecule has 0 aliphatic carbocycles. The van der Waals surface area contributed by atoms with Gasteiger partial charge in [-0.25, -0.2) is 8.42 Å². The molecule has 0 aliphatic rings. The Morgan fingerprint density at radius 1 is 1.29 bits per heavy atom. The summed E-state index contributed by atoms with van der Waals surface area (Å²) in [6, 6.07) is 5.89. The minimum Gasteiger partial charge on any atom is -0.481 e. The quantitative estimate of drug-likeness (QED) is 0.822. The fourth-order valence-electron chi connectivity index (χ4n) is 1.78. The predicted octanol–water partition coefficient (Wildman–Crippen LogP) is 1.42. The third-order valence-electron chi connectivity index (χ3n) is 3.05. The fourth-order valence-corrected chi connectivity index (χ4v) is 2.70. The molecular weight excluding hydrogens is 294 g/mol. The second-order valence-electron chi connectivity index (χ2n) is 4.66. The highest BCUT2D eigenvalue weighted by Gasteiger charge is 2.16. The van der Waals surface area contributed by atoms with Gasteiger partial charge in [0.2, 0.25) is 0 Å². The normalized spacial score (nSPS) is 11.1. The first-order valence-electron chi connectivity index (χ1n) is 6.58. The second-order valence-corrected chi connectivity index (χ2v) is 6.93. The van der Waals surface area contributed by atoms with Crippen LogP contribution in [0.25, 0.3) is 0 Å². The molecule has 0 saturated heterocycles. The average molecular weight is 313 g/mol. The van der Waals surface area contributed by atoms with Crippen molar-refractivity contribution in [1.82, 2.24) is 4.90 Å². The van der Waals surface area contributed by atoms with E-state index in [0.29, 0.717) is 13.0 Å². The van der Waals surface area contributed by atoms with E-state index in [1.807, 2.05) is 0 Å².